The number of ether oxygens (including phenoxy) is 1. The van der Waals surface area contributed by atoms with Crippen molar-refractivity contribution in [2.24, 2.45) is 0 Å². The molecule has 1 aromatic heterocycles. The van der Waals surface area contributed by atoms with Crippen LogP contribution in [0.4, 0.5) is 0 Å². The van der Waals surface area contributed by atoms with Crippen molar-refractivity contribution in [2.45, 2.75) is 25.3 Å². The van der Waals surface area contributed by atoms with E-state index in [4.69, 9.17) is 4.74 Å². The van der Waals surface area contributed by atoms with Crippen molar-refractivity contribution in [3.63, 3.8) is 0 Å². The summed E-state index contributed by atoms with van der Waals surface area (Å²) in [6.07, 6.45) is 4.36. The minimum Gasteiger partial charge on any atom is -0.496 e. The highest BCUT2D eigenvalue weighted by atomic mass is 16.5. The lowest BCUT2D eigenvalue weighted by Gasteiger charge is -2.24. The van der Waals surface area contributed by atoms with E-state index in [2.05, 4.69) is 10.3 Å². The van der Waals surface area contributed by atoms with E-state index in [1.54, 1.807) is 18.2 Å². The topological polar surface area (TPSA) is 74.4 Å². The van der Waals surface area contributed by atoms with Gasteiger partial charge in [-0.3, -0.25) is 9.59 Å². The van der Waals surface area contributed by atoms with Crippen molar-refractivity contribution in [3.8, 4) is 5.75 Å². The first-order chi connectivity index (χ1) is 14.2. The number of hydrogen-bond donors (Lipinski definition) is 2. The Bertz CT molecular complexity index is 1020. The maximum absolute atomic E-state index is 13.2. The van der Waals surface area contributed by atoms with Gasteiger partial charge in [0.05, 0.1) is 12.7 Å². The highest BCUT2D eigenvalue weighted by Gasteiger charge is 2.29. The summed E-state index contributed by atoms with van der Waals surface area (Å²) in [4.78, 5) is 31.3. The first-order valence-corrected chi connectivity index (χ1v) is 9.95. The first kappa shape index (κ1) is 19.1. The fourth-order valence-electron chi connectivity index (χ4n) is 3.95. The molecule has 4 rings (SSSR count). The van der Waals surface area contributed by atoms with Gasteiger partial charge < -0.3 is 19.9 Å². The van der Waals surface area contributed by atoms with Gasteiger partial charge in [0.1, 0.15) is 11.8 Å². The molecule has 0 aliphatic carbocycles. The number of para-hydroxylation sites is 2. The van der Waals surface area contributed by atoms with E-state index in [0.717, 1.165) is 42.4 Å². The predicted molar refractivity (Wildman–Crippen MR) is 112 cm³/mol. The number of nitrogens with zero attached hydrogens (tertiary/aromatic N) is 1. The van der Waals surface area contributed by atoms with E-state index in [1.165, 1.54) is 7.11 Å². The number of amides is 2. The molecule has 2 amide bonds. The van der Waals surface area contributed by atoms with Crippen molar-refractivity contribution in [2.75, 3.05) is 20.2 Å². The number of aromatic nitrogens is 1. The molecule has 1 saturated heterocycles. The molecule has 6 heteroatoms. The Labute approximate surface area is 169 Å². The van der Waals surface area contributed by atoms with Gasteiger partial charge in [-0.05, 0) is 36.6 Å². The number of fused-ring (bicyclic) bond motifs is 1. The van der Waals surface area contributed by atoms with Crippen LogP contribution >= 0.6 is 0 Å². The number of benzene rings is 2. The lowest BCUT2D eigenvalue weighted by Crippen LogP contribution is -2.49. The second-order valence-corrected chi connectivity index (χ2v) is 7.32. The van der Waals surface area contributed by atoms with Gasteiger partial charge in [0.2, 0.25) is 5.91 Å². The molecule has 2 N–H and O–H groups in total. The van der Waals surface area contributed by atoms with Gasteiger partial charge in [-0.1, -0.05) is 30.3 Å². The average Bonchev–Trinajstić information content (AvgIpc) is 3.43. The zero-order valence-corrected chi connectivity index (χ0v) is 16.5. The summed E-state index contributed by atoms with van der Waals surface area (Å²) in [6, 6.07) is 14.4. The van der Waals surface area contributed by atoms with E-state index in [0.29, 0.717) is 17.7 Å². The molecule has 2 heterocycles. The molecule has 0 bridgehead atoms. The minimum atomic E-state index is -0.635. The van der Waals surface area contributed by atoms with E-state index in [9.17, 15) is 9.59 Å². The van der Waals surface area contributed by atoms with Crippen molar-refractivity contribution >= 4 is 22.7 Å². The SMILES string of the molecule is COc1ccccc1C(=O)N[C@@H](Cc1c[nH]c2ccccc12)C(=O)N1CCCC1. The largest absolute Gasteiger partial charge is 0.496 e. The number of nitrogens with one attached hydrogen (secondary N) is 2. The maximum atomic E-state index is 13.2. The average molecular weight is 391 g/mol. The third-order valence-electron chi connectivity index (χ3n) is 5.47. The summed E-state index contributed by atoms with van der Waals surface area (Å²) in [5.41, 5.74) is 2.46. The minimum absolute atomic E-state index is 0.0315. The Morgan fingerprint density at radius 3 is 2.62 bits per heavy atom. The molecule has 1 fully saturated rings. The van der Waals surface area contributed by atoms with Gasteiger partial charge in [0.25, 0.3) is 5.91 Å². The van der Waals surface area contributed by atoms with Gasteiger partial charge in [0, 0.05) is 36.6 Å². The summed E-state index contributed by atoms with van der Waals surface area (Å²) >= 11 is 0. The molecule has 1 atom stereocenters. The van der Waals surface area contributed by atoms with Crippen LogP contribution in [0.25, 0.3) is 10.9 Å². The van der Waals surface area contributed by atoms with Crippen LogP contribution < -0.4 is 10.1 Å². The lowest BCUT2D eigenvalue weighted by atomic mass is 10.0. The molecule has 3 aromatic rings. The molecule has 0 unspecified atom stereocenters. The molecule has 1 aliphatic rings. The molecule has 0 spiro atoms. The second-order valence-electron chi connectivity index (χ2n) is 7.32. The second kappa shape index (κ2) is 8.39. The maximum Gasteiger partial charge on any atom is 0.255 e. The van der Waals surface area contributed by atoms with Gasteiger partial charge in [-0.15, -0.1) is 0 Å². The van der Waals surface area contributed by atoms with Crippen molar-refractivity contribution in [1.29, 1.82) is 0 Å². The zero-order chi connectivity index (χ0) is 20.2. The van der Waals surface area contributed by atoms with Gasteiger partial charge in [0.15, 0.2) is 0 Å². The molecule has 29 heavy (non-hydrogen) atoms. The fraction of sp³-hybridized carbons (Fsp3) is 0.304. The van der Waals surface area contributed by atoms with Crippen LogP contribution in [0.1, 0.15) is 28.8 Å². The molecule has 2 aromatic carbocycles. The third-order valence-corrected chi connectivity index (χ3v) is 5.47. The molecule has 150 valence electrons. The van der Waals surface area contributed by atoms with Crippen LogP contribution in [0.3, 0.4) is 0 Å². The number of methoxy groups -OCH3 is 1. The Balaban J connectivity index is 1.61. The Morgan fingerprint density at radius 1 is 1.10 bits per heavy atom. The Morgan fingerprint density at radius 2 is 1.83 bits per heavy atom. The van der Waals surface area contributed by atoms with Crippen LogP contribution in [-0.4, -0.2) is 47.9 Å². The monoisotopic (exact) mass is 391 g/mol. The first-order valence-electron chi connectivity index (χ1n) is 9.95. The number of H-pyrrole nitrogens is 1. The number of carbonyl (C=O) groups excluding carboxylic acids is 2. The fourth-order valence-corrected chi connectivity index (χ4v) is 3.95. The van der Waals surface area contributed by atoms with Gasteiger partial charge >= 0.3 is 0 Å². The number of hydrogen-bond acceptors (Lipinski definition) is 3. The summed E-state index contributed by atoms with van der Waals surface area (Å²) in [7, 11) is 1.53. The summed E-state index contributed by atoms with van der Waals surface area (Å²) in [5.74, 6) is 0.153. The highest BCUT2D eigenvalue weighted by molar-refractivity contribution is 6.00. The summed E-state index contributed by atoms with van der Waals surface area (Å²) < 4.78 is 5.31. The van der Waals surface area contributed by atoms with Crippen molar-refractivity contribution in [3.05, 3.63) is 65.9 Å². The normalized spacial score (nSPS) is 14.7. The molecule has 0 saturated carbocycles. The Kier molecular flexibility index (Phi) is 5.51. The lowest BCUT2D eigenvalue weighted by molar-refractivity contribution is -0.132. The molecule has 0 radical (unpaired) electrons. The quantitative estimate of drug-likeness (QED) is 0.678. The van der Waals surface area contributed by atoms with Crippen LogP contribution in [0, 0.1) is 0 Å². The molecule has 6 nitrogen and oxygen atoms in total. The zero-order valence-electron chi connectivity index (χ0n) is 16.5. The molecular formula is C23H25N3O3. The number of aromatic amines is 1. The van der Waals surface area contributed by atoms with Crippen molar-refractivity contribution in [1.82, 2.24) is 15.2 Å². The van der Waals surface area contributed by atoms with Crippen LogP contribution in [0.2, 0.25) is 0 Å². The standard InChI is InChI=1S/C23H25N3O3/c1-29-21-11-5-3-9-18(21)22(27)25-20(23(28)26-12-6-7-13-26)14-16-15-24-19-10-4-2-8-17(16)19/h2-5,8-11,15,20,24H,6-7,12-14H2,1H3,(H,25,27)/t20-/m0/s1. The number of rotatable bonds is 6. The van der Waals surface area contributed by atoms with E-state index in [1.807, 2.05) is 41.4 Å². The number of carbonyl (C=O) groups is 2. The van der Waals surface area contributed by atoms with Crippen LogP contribution in [0.5, 0.6) is 5.75 Å². The molecular weight excluding hydrogens is 366 g/mol. The number of likely N-dealkylation sites (tertiary alicyclic amines) is 1. The van der Waals surface area contributed by atoms with E-state index >= 15 is 0 Å². The predicted octanol–water partition coefficient (Wildman–Crippen LogP) is 3.14. The summed E-state index contributed by atoms with van der Waals surface area (Å²) in [6.45, 7) is 1.49. The summed E-state index contributed by atoms with van der Waals surface area (Å²) in [5, 5.41) is 4.03. The van der Waals surface area contributed by atoms with Crippen molar-refractivity contribution < 1.29 is 14.3 Å². The third kappa shape index (κ3) is 3.97. The Hall–Kier alpha value is -3.28. The van der Waals surface area contributed by atoms with Crippen LogP contribution in [-0.2, 0) is 11.2 Å². The van der Waals surface area contributed by atoms with Gasteiger partial charge in [-0.2, -0.15) is 0 Å². The smallest absolute Gasteiger partial charge is 0.255 e. The van der Waals surface area contributed by atoms with E-state index < -0.39 is 6.04 Å². The molecule has 1 aliphatic heterocycles. The van der Waals surface area contributed by atoms with E-state index in [-0.39, 0.29) is 11.8 Å². The van der Waals surface area contributed by atoms with Crippen LogP contribution in [0.15, 0.2) is 54.7 Å². The highest BCUT2D eigenvalue weighted by Crippen LogP contribution is 2.22. The van der Waals surface area contributed by atoms with Gasteiger partial charge in [-0.25, -0.2) is 0 Å².